The maximum absolute atomic E-state index is 4.00. The molecule has 0 atom stereocenters. The molecule has 4 heteroatoms. The van der Waals surface area contributed by atoms with Crippen LogP contribution in [0.5, 0.6) is 0 Å². The minimum atomic E-state index is 0. The van der Waals surface area contributed by atoms with Crippen LogP contribution < -0.4 is 0 Å². The van der Waals surface area contributed by atoms with E-state index in [9.17, 15) is 0 Å². The fraction of sp³-hybridized carbons (Fsp3) is 0. The summed E-state index contributed by atoms with van der Waals surface area (Å²) >= 11 is 1.67. The smallest absolute Gasteiger partial charge is 0.0992 e. The third-order valence-electron chi connectivity index (χ3n) is 1.31. The first-order valence-electron chi connectivity index (χ1n) is 2.97. The van der Waals surface area contributed by atoms with Crippen molar-refractivity contribution in [1.82, 2.24) is 9.55 Å². The number of rotatable bonds is 0. The van der Waals surface area contributed by atoms with E-state index in [0.29, 0.717) is 0 Å². The van der Waals surface area contributed by atoms with Gasteiger partial charge in [0.2, 0.25) is 0 Å². The largest absolute Gasteiger partial charge is 0.306 e. The highest BCUT2D eigenvalue weighted by Gasteiger charge is 1.95. The highest BCUT2D eigenvalue weighted by molar-refractivity contribution is 8.93. The highest BCUT2D eigenvalue weighted by atomic mass is 79.9. The Bertz CT molecular complexity index is 264. The van der Waals surface area contributed by atoms with E-state index in [1.54, 1.807) is 18.1 Å². The molecule has 0 unspecified atom stereocenters. The quantitative estimate of drug-likeness (QED) is 0.683. The number of hydrogen-bond donors (Lipinski definition) is 0. The summed E-state index contributed by atoms with van der Waals surface area (Å²) in [6.07, 6.45) is 7.67. The standard InChI is InChI=1S/C7H6N2S.BrH/c1-3-10-4-2-9-6-8-5-7(1)9;/h1-6H;1H. The molecule has 0 N–H and O–H groups in total. The first-order chi connectivity index (χ1) is 4.97. The van der Waals surface area contributed by atoms with Crippen LogP contribution in [0.1, 0.15) is 5.69 Å². The number of halogens is 1. The van der Waals surface area contributed by atoms with Crippen molar-refractivity contribution < 1.29 is 0 Å². The Labute approximate surface area is 79.8 Å². The lowest BCUT2D eigenvalue weighted by atomic mass is 10.5. The summed E-state index contributed by atoms with van der Waals surface area (Å²) in [4.78, 5) is 4.00. The zero-order valence-electron chi connectivity index (χ0n) is 5.68. The SMILES string of the molecule is Br.C1=Cc2cncn2C=CS1. The average molecular weight is 231 g/mol. The van der Waals surface area contributed by atoms with Crippen LogP contribution in [0, 0.1) is 0 Å². The van der Waals surface area contributed by atoms with Gasteiger partial charge in [-0.1, -0.05) is 0 Å². The normalized spacial score (nSPS) is 13.5. The molecule has 0 amide bonds. The van der Waals surface area contributed by atoms with Gasteiger partial charge in [-0.05, 0) is 16.9 Å². The van der Waals surface area contributed by atoms with Crippen LogP contribution in [0.2, 0.25) is 0 Å². The molecular formula is C7H7BrN2S. The predicted molar refractivity (Wildman–Crippen MR) is 54.5 cm³/mol. The Morgan fingerprint density at radius 2 is 2.27 bits per heavy atom. The molecule has 11 heavy (non-hydrogen) atoms. The van der Waals surface area contributed by atoms with Crippen LogP contribution in [0.15, 0.2) is 23.3 Å². The minimum Gasteiger partial charge on any atom is -0.306 e. The first kappa shape index (κ1) is 8.62. The lowest BCUT2D eigenvalue weighted by molar-refractivity contribution is 1.13. The summed E-state index contributed by atoms with van der Waals surface area (Å²) < 4.78 is 1.98. The fourth-order valence-electron chi connectivity index (χ4n) is 0.824. The second-order valence-corrected chi connectivity index (χ2v) is 2.77. The molecule has 2 heterocycles. The van der Waals surface area contributed by atoms with Gasteiger partial charge in [0, 0.05) is 6.20 Å². The zero-order valence-corrected chi connectivity index (χ0v) is 8.20. The van der Waals surface area contributed by atoms with Gasteiger partial charge >= 0.3 is 0 Å². The zero-order chi connectivity index (χ0) is 6.81. The van der Waals surface area contributed by atoms with Gasteiger partial charge in [-0.2, -0.15) is 0 Å². The number of thioether (sulfide) groups is 1. The molecule has 0 saturated carbocycles. The Balaban J connectivity index is 0.000000605. The van der Waals surface area contributed by atoms with Crippen LogP contribution in [0.4, 0.5) is 0 Å². The summed E-state index contributed by atoms with van der Waals surface area (Å²) in [5.41, 5.74) is 1.13. The van der Waals surface area contributed by atoms with Crippen molar-refractivity contribution in [2.75, 3.05) is 0 Å². The van der Waals surface area contributed by atoms with Crippen molar-refractivity contribution in [3.63, 3.8) is 0 Å². The van der Waals surface area contributed by atoms with E-state index in [-0.39, 0.29) is 17.0 Å². The van der Waals surface area contributed by atoms with Crippen molar-refractivity contribution in [2.24, 2.45) is 0 Å². The van der Waals surface area contributed by atoms with E-state index < -0.39 is 0 Å². The number of fused-ring (bicyclic) bond motifs is 1. The summed E-state index contributed by atoms with van der Waals surface area (Å²) in [5.74, 6) is 0. The third kappa shape index (κ3) is 1.75. The summed E-state index contributed by atoms with van der Waals surface area (Å²) in [6.45, 7) is 0. The van der Waals surface area contributed by atoms with Crippen molar-refractivity contribution in [3.05, 3.63) is 29.0 Å². The summed E-state index contributed by atoms with van der Waals surface area (Å²) in [7, 11) is 0. The molecule has 58 valence electrons. The van der Waals surface area contributed by atoms with Gasteiger partial charge in [-0.15, -0.1) is 28.7 Å². The van der Waals surface area contributed by atoms with E-state index in [4.69, 9.17) is 0 Å². The summed E-state index contributed by atoms with van der Waals surface area (Å²) in [5, 5.41) is 4.06. The first-order valence-corrected chi connectivity index (χ1v) is 3.91. The molecule has 1 aromatic heterocycles. The van der Waals surface area contributed by atoms with Gasteiger partial charge in [0.15, 0.2) is 0 Å². The Morgan fingerprint density at radius 1 is 1.36 bits per heavy atom. The molecule has 2 rings (SSSR count). The molecule has 1 aliphatic heterocycles. The van der Waals surface area contributed by atoms with Gasteiger partial charge in [-0.3, -0.25) is 0 Å². The van der Waals surface area contributed by atoms with Gasteiger partial charge in [-0.25, -0.2) is 4.98 Å². The maximum atomic E-state index is 4.00. The van der Waals surface area contributed by atoms with Crippen molar-refractivity contribution in [1.29, 1.82) is 0 Å². The van der Waals surface area contributed by atoms with Gasteiger partial charge in [0.05, 0.1) is 18.2 Å². The molecule has 0 aromatic carbocycles. The topological polar surface area (TPSA) is 17.8 Å². The van der Waals surface area contributed by atoms with Crippen molar-refractivity contribution in [2.45, 2.75) is 0 Å². The molecular weight excluding hydrogens is 224 g/mol. The number of hydrogen-bond acceptors (Lipinski definition) is 2. The Morgan fingerprint density at radius 3 is 3.18 bits per heavy atom. The maximum Gasteiger partial charge on any atom is 0.0992 e. The number of aromatic nitrogens is 2. The minimum absolute atomic E-state index is 0. The lowest BCUT2D eigenvalue weighted by Crippen LogP contribution is -1.83. The molecule has 1 aliphatic rings. The average Bonchev–Trinajstić information content (AvgIpc) is 2.28. The molecule has 0 fully saturated rings. The highest BCUT2D eigenvalue weighted by Crippen LogP contribution is 2.14. The molecule has 2 nitrogen and oxygen atoms in total. The number of nitrogens with zero attached hydrogens (tertiary/aromatic N) is 2. The van der Waals surface area contributed by atoms with E-state index in [0.717, 1.165) is 5.69 Å². The monoisotopic (exact) mass is 230 g/mol. The van der Waals surface area contributed by atoms with E-state index in [2.05, 4.69) is 4.98 Å². The third-order valence-corrected chi connectivity index (χ3v) is 1.89. The fourth-order valence-corrected chi connectivity index (χ4v) is 1.33. The van der Waals surface area contributed by atoms with Gasteiger partial charge in [0.25, 0.3) is 0 Å². The van der Waals surface area contributed by atoms with Crippen LogP contribution >= 0.6 is 28.7 Å². The lowest BCUT2D eigenvalue weighted by Gasteiger charge is -1.91. The molecule has 0 aliphatic carbocycles. The van der Waals surface area contributed by atoms with Crippen molar-refractivity contribution >= 4 is 41.0 Å². The molecule has 0 bridgehead atoms. The second kappa shape index (κ2) is 3.78. The predicted octanol–water partition coefficient (Wildman–Crippen LogP) is 2.61. The second-order valence-electron chi connectivity index (χ2n) is 1.95. The Kier molecular flexibility index (Phi) is 2.96. The Hall–Kier alpha value is -0.480. The van der Waals surface area contributed by atoms with Gasteiger partial charge in [0.1, 0.15) is 0 Å². The summed E-state index contributed by atoms with van der Waals surface area (Å²) in [6, 6.07) is 0. The van der Waals surface area contributed by atoms with Crippen LogP contribution in [0.3, 0.4) is 0 Å². The van der Waals surface area contributed by atoms with Crippen LogP contribution in [0.25, 0.3) is 12.3 Å². The van der Waals surface area contributed by atoms with E-state index in [1.807, 2.05) is 33.9 Å². The number of imidazole rings is 1. The van der Waals surface area contributed by atoms with E-state index >= 15 is 0 Å². The van der Waals surface area contributed by atoms with Crippen LogP contribution in [-0.2, 0) is 0 Å². The molecule has 1 aromatic rings. The van der Waals surface area contributed by atoms with E-state index in [1.165, 1.54) is 0 Å². The van der Waals surface area contributed by atoms with Crippen molar-refractivity contribution in [3.8, 4) is 0 Å². The molecule has 0 saturated heterocycles. The van der Waals surface area contributed by atoms with Crippen LogP contribution in [-0.4, -0.2) is 9.55 Å². The molecule has 0 radical (unpaired) electrons. The molecule has 0 spiro atoms. The van der Waals surface area contributed by atoms with Gasteiger partial charge < -0.3 is 4.57 Å².